The van der Waals surface area contributed by atoms with Crippen molar-refractivity contribution in [2.24, 2.45) is 7.05 Å². The van der Waals surface area contributed by atoms with Crippen LogP contribution in [0.15, 0.2) is 36.7 Å². The molecule has 1 saturated heterocycles. The summed E-state index contributed by atoms with van der Waals surface area (Å²) in [6.07, 6.45) is 2.17. The lowest BCUT2D eigenvalue weighted by Crippen LogP contribution is -2.40. The summed E-state index contributed by atoms with van der Waals surface area (Å²) in [5.74, 6) is 1.07. The second-order valence-electron chi connectivity index (χ2n) is 9.89. The number of carbonyl (C=O) groups is 1. The first-order chi connectivity index (χ1) is 17.8. The number of halogens is 2. The van der Waals surface area contributed by atoms with E-state index < -0.39 is 12.5 Å². The van der Waals surface area contributed by atoms with Gasteiger partial charge in [0.2, 0.25) is 5.91 Å². The summed E-state index contributed by atoms with van der Waals surface area (Å²) in [6.45, 7) is 3.60. The molecule has 4 aromatic rings. The number of aryl methyl sites for hydroxylation is 1. The van der Waals surface area contributed by atoms with E-state index in [4.69, 9.17) is 9.72 Å². The Hall–Kier alpha value is -3.66. The number of nitrogens with zero attached hydrogens (tertiary/aromatic N) is 6. The zero-order valence-electron chi connectivity index (χ0n) is 21.0. The number of carbonyl (C=O) groups excluding carboxylic acids is 1. The average Bonchev–Trinajstić information content (AvgIpc) is 3.50. The third kappa shape index (κ3) is 3.90. The lowest BCUT2D eigenvalue weighted by molar-refractivity contribution is -0.135. The van der Waals surface area contributed by atoms with Crippen LogP contribution in [0.5, 0.6) is 0 Å². The molecule has 37 heavy (non-hydrogen) atoms. The SMILES string of the molecule is C[C@@H]1C(=O)N(C)Cc2c(-c3cccc4nc(-c5cnn(C)c5)c(C(F)F)cc34)nc(C3CCOCC3)n21. The third-order valence-corrected chi connectivity index (χ3v) is 7.49. The molecule has 2 aliphatic heterocycles. The van der Waals surface area contributed by atoms with Crippen LogP contribution in [0.2, 0.25) is 0 Å². The fourth-order valence-corrected chi connectivity index (χ4v) is 5.62. The van der Waals surface area contributed by atoms with Crippen LogP contribution in [0.3, 0.4) is 0 Å². The fraction of sp³-hybridized carbons (Fsp3) is 0.407. The Morgan fingerprint density at radius 2 is 1.89 bits per heavy atom. The molecule has 0 radical (unpaired) electrons. The van der Waals surface area contributed by atoms with Crippen molar-refractivity contribution in [3.63, 3.8) is 0 Å². The average molecular weight is 507 g/mol. The topological polar surface area (TPSA) is 78.1 Å². The van der Waals surface area contributed by atoms with Gasteiger partial charge in [-0.3, -0.25) is 9.48 Å². The highest BCUT2D eigenvalue weighted by molar-refractivity contribution is 5.96. The van der Waals surface area contributed by atoms with Crippen molar-refractivity contribution in [2.45, 2.75) is 44.7 Å². The van der Waals surface area contributed by atoms with Gasteiger partial charge in [0.05, 0.1) is 35.3 Å². The van der Waals surface area contributed by atoms with Gasteiger partial charge in [-0.15, -0.1) is 0 Å². The number of hydrogen-bond donors (Lipinski definition) is 0. The monoisotopic (exact) mass is 506 g/mol. The van der Waals surface area contributed by atoms with Gasteiger partial charge in [0.1, 0.15) is 11.9 Å². The maximum Gasteiger partial charge on any atom is 0.265 e. The van der Waals surface area contributed by atoms with E-state index in [2.05, 4.69) is 14.6 Å². The molecule has 2 aliphatic rings. The summed E-state index contributed by atoms with van der Waals surface area (Å²) in [5, 5.41) is 4.74. The molecule has 10 heteroatoms. The number of aromatic nitrogens is 5. The number of rotatable bonds is 4. The predicted molar refractivity (Wildman–Crippen MR) is 134 cm³/mol. The molecular weight excluding hydrogens is 478 g/mol. The lowest BCUT2D eigenvalue weighted by Gasteiger charge is -2.32. The predicted octanol–water partition coefficient (Wildman–Crippen LogP) is 4.86. The number of likely N-dealkylation sites (N-methyl/N-ethyl adjacent to an activating group) is 1. The maximum absolute atomic E-state index is 14.3. The van der Waals surface area contributed by atoms with Crippen LogP contribution in [-0.4, -0.2) is 55.4 Å². The van der Waals surface area contributed by atoms with Gasteiger partial charge in [0, 0.05) is 61.5 Å². The molecule has 0 N–H and O–H groups in total. The molecule has 5 heterocycles. The smallest absolute Gasteiger partial charge is 0.265 e. The summed E-state index contributed by atoms with van der Waals surface area (Å²) < 4.78 is 37.8. The van der Waals surface area contributed by atoms with E-state index in [0.717, 1.165) is 35.6 Å². The van der Waals surface area contributed by atoms with Crippen molar-refractivity contribution in [1.82, 2.24) is 29.2 Å². The fourth-order valence-electron chi connectivity index (χ4n) is 5.62. The quantitative estimate of drug-likeness (QED) is 0.395. The Kier molecular flexibility index (Phi) is 5.78. The molecule has 1 amide bonds. The number of amides is 1. The van der Waals surface area contributed by atoms with Crippen LogP contribution in [0.1, 0.15) is 55.2 Å². The van der Waals surface area contributed by atoms with Crippen LogP contribution >= 0.6 is 0 Å². The standard InChI is InChI=1S/C27H28F2N6O2/c1-15-27(36)33(2)14-22-24(32-26(35(15)22)16-7-9-37-10-8-16)18-5-4-6-21-19(18)11-20(25(28)29)23(31-21)17-12-30-34(3)13-17/h4-6,11-13,15-16,25H,7-10,14H2,1-3H3/t15-/m1/s1. The summed E-state index contributed by atoms with van der Waals surface area (Å²) in [5.41, 5.74) is 3.59. The highest BCUT2D eigenvalue weighted by Crippen LogP contribution is 2.41. The zero-order chi connectivity index (χ0) is 25.8. The maximum atomic E-state index is 14.3. The van der Waals surface area contributed by atoms with Crippen LogP contribution in [0.25, 0.3) is 33.4 Å². The molecule has 0 bridgehead atoms. The second kappa shape index (κ2) is 9.02. The van der Waals surface area contributed by atoms with E-state index in [9.17, 15) is 13.6 Å². The molecule has 8 nitrogen and oxygen atoms in total. The minimum absolute atomic E-state index is 0.0328. The van der Waals surface area contributed by atoms with Gasteiger partial charge < -0.3 is 14.2 Å². The van der Waals surface area contributed by atoms with Crippen molar-refractivity contribution in [1.29, 1.82) is 0 Å². The molecule has 1 fully saturated rings. The number of alkyl halides is 2. The van der Waals surface area contributed by atoms with E-state index in [0.29, 0.717) is 36.2 Å². The highest BCUT2D eigenvalue weighted by Gasteiger charge is 2.36. The van der Waals surface area contributed by atoms with Crippen LogP contribution in [0.4, 0.5) is 8.78 Å². The first kappa shape index (κ1) is 23.7. The molecule has 0 aliphatic carbocycles. The number of imidazole rings is 1. The van der Waals surface area contributed by atoms with E-state index in [1.807, 2.05) is 25.1 Å². The minimum atomic E-state index is -2.71. The minimum Gasteiger partial charge on any atom is -0.381 e. The summed E-state index contributed by atoms with van der Waals surface area (Å²) in [7, 11) is 3.53. The Morgan fingerprint density at radius 3 is 2.59 bits per heavy atom. The summed E-state index contributed by atoms with van der Waals surface area (Å²) >= 11 is 0. The first-order valence-electron chi connectivity index (χ1n) is 12.5. The van der Waals surface area contributed by atoms with Gasteiger partial charge in [0.15, 0.2) is 0 Å². The second-order valence-corrected chi connectivity index (χ2v) is 9.89. The van der Waals surface area contributed by atoms with Crippen molar-refractivity contribution >= 4 is 16.8 Å². The van der Waals surface area contributed by atoms with Crippen molar-refractivity contribution in [2.75, 3.05) is 20.3 Å². The highest BCUT2D eigenvalue weighted by atomic mass is 19.3. The van der Waals surface area contributed by atoms with Gasteiger partial charge in [-0.1, -0.05) is 12.1 Å². The number of hydrogen-bond acceptors (Lipinski definition) is 5. The third-order valence-electron chi connectivity index (χ3n) is 7.49. The number of fused-ring (bicyclic) bond motifs is 2. The van der Waals surface area contributed by atoms with Crippen molar-refractivity contribution in [3.05, 3.63) is 53.7 Å². The van der Waals surface area contributed by atoms with E-state index >= 15 is 0 Å². The van der Waals surface area contributed by atoms with Crippen LogP contribution in [-0.2, 0) is 23.1 Å². The summed E-state index contributed by atoms with van der Waals surface area (Å²) in [4.78, 5) is 24.4. The van der Waals surface area contributed by atoms with Crippen LogP contribution < -0.4 is 0 Å². The van der Waals surface area contributed by atoms with Crippen LogP contribution in [0, 0.1) is 0 Å². The lowest BCUT2D eigenvalue weighted by atomic mass is 9.98. The molecule has 1 aromatic carbocycles. The number of benzene rings is 1. The van der Waals surface area contributed by atoms with Gasteiger partial charge in [-0.05, 0) is 31.9 Å². The van der Waals surface area contributed by atoms with Gasteiger partial charge in [0.25, 0.3) is 6.43 Å². The Labute approximate surface area is 212 Å². The molecule has 6 rings (SSSR count). The normalized spacial score (nSPS) is 18.7. The van der Waals surface area contributed by atoms with Gasteiger partial charge in [-0.25, -0.2) is 18.7 Å². The van der Waals surface area contributed by atoms with Crippen molar-refractivity contribution < 1.29 is 18.3 Å². The largest absolute Gasteiger partial charge is 0.381 e. The zero-order valence-corrected chi connectivity index (χ0v) is 21.0. The molecular formula is C27H28F2N6O2. The molecule has 0 saturated carbocycles. The Morgan fingerprint density at radius 1 is 1.11 bits per heavy atom. The number of pyridine rings is 1. The van der Waals surface area contributed by atoms with Crippen molar-refractivity contribution in [3.8, 4) is 22.5 Å². The molecule has 3 aromatic heterocycles. The molecule has 0 spiro atoms. The Bertz CT molecular complexity index is 1500. The first-order valence-corrected chi connectivity index (χ1v) is 12.5. The van der Waals surface area contributed by atoms with E-state index in [1.54, 1.807) is 36.1 Å². The Balaban J connectivity index is 1.58. The van der Waals surface area contributed by atoms with E-state index in [-0.39, 0.29) is 23.1 Å². The number of ether oxygens (including phenoxy) is 1. The summed E-state index contributed by atoms with van der Waals surface area (Å²) in [6, 6.07) is 6.75. The molecule has 192 valence electrons. The molecule has 0 unspecified atom stereocenters. The van der Waals surface area contributed by atoms with Gasteiger partial charge in [-0.2, -0.15) is 5.10 Å². The van der Waals surface area contributed by atoms with Gasteiger partial charge >= 0.3 is 0 Å². The van der Waals surface area contributed by atoms with E-state index in [1.165, 1.54) is 6.07 Å². The molecule has 1 atom stereocenters.